The van der Waals surface area contributed by atoms with Crippen LogP contribution in [0.3, 0.4) is 0 Å². The van der Waals surface area contributed by atoms with Gasteiger partial charge in [0.15, 0.2) is 11.5 Å². The van der Waals surface area contributed by atoms with Crippen molar-refractivity contribution in [3.8, 4) is 45.9 Å². The summed E-state index contributed by atoms with van der Waals surface area (Å²) in [6.07, 6.45) is 3.44. The number of methoxy groups -OCH3 is 2. The van der Waals surface area contributed by atoms with Crippen molar-refractivity contribution >= 4 is 33.2 Å². The third kappa shape index (κ3) is 4.12. The molecule has 194 valence electrons. The molecule has 10 nitrogen and oxygen atoms in total. The molecule has 0 atom stereocenters. The van der Waals surface area contributed by atoms with Gasteiger partial charge in [0.2, 0.25) is 0 Å². The maximum absolute atomic E-state index is 13.7. The van der Waals surface area contributed by atoms with Gasteiger partial charge in [-0.1, -0.05) is 38.2 Å². The van der Waals surface area contributed by atoms with E-state index < -0.39 is 11.5 Å². The fourth-order valence-corrected chi connectivity index (χ4v) is 4.24. The second-order valence-corrected chi connectivity index (χ2v) is 8.56. The van der Waals surface area contributed by atoms with E-state index in [1.165, 1.54) is 14.2 Å². The van der Waals surface area contributed by atoms with Gasteiger partial charge < -0.3 is 50.6 Å². The van der Waals surface area contributed by atoms with Crippen molar-refractivity contribution in [1.29, 1.82) is 0 Å². The lowest BCUT2D eigenvalue weighted by atomic mass is 10.1. The van der Waals surface area contributed by atoms with Crippen LogP contribution in [0.2, 0.25) is 0 Å². The number of aromatic nitrogens is 2. The topological polar surface area (TPSA) is 167 Å². The highest BCUT2D eigenvalue weighted by Gasteiger charge is 2.22. The van der Waals surface area contributed by atoms with Crippen LogP contribution in [0.25, 0.3) is 33.2 Å². The SMILES string of the molecule is CCCCOc1c(N)cc(OC)c2[nH]c(-c3[nH]c4c(OC)cc(N)c(OCCCC)c4c3[O-])c([O-])c12. The average molecular weight is 497 g/mol. The van der Waals surface area contributed by atoms with Crippen molar-refractivity contribution in [3.63, 3.8) is 0 Å². The summed E-state index contributed by atoms with van der Waals surface area (Å²) >= 11 is 0. The van der Waals surface area contributed by atoms with Crippen LogP contribution in [-0.2, 0) is 0 Å². The standard InChI is InChI=1S/C26H34N4O6/c1-5-7-9-35-25-13(27)11-15(33-3)19-17(25)23(31)21(29-19)22-24(32)18-20(30-22)16(34-4)12-14(28)26(18)36-10-8-6-2/h11-12,29-32H,5-10,27-28H2,1-4H3/p-2. The van der Waals surface area contributed by atoms with Crippen LogP contribution in [0.1, 0.15) is 39.5 Å². The number of nitrogen functional groups attached to an aromatic ring is 2. The fourth-order valence-electron chi connectivity index (χ4n) is 4.24. The van der Waals surface area contributed by atoms with Gasteiger partial charge in [0, 0.05) is 22.9 Å². The first kappa shape index (κ1) is 25.0. The Kier molecular flexibility index (Phi) is 7.14. The molecular formula is C26H32N4O6-2. The van der Waals surface area contributed by atoms with Crippen molar-refractivity contribution in [2.75, 3.05) is 38.9 Å². The number of anilines is 2. The van der Waals surface area contributed by atoms with Crippen LogP contribution < -0.4 is 40.6 Å². The van der Waals surface area contributed by atoms with Gasteiger partial charge in [-0.15, -0.1) is 0 Å². The molecule has 0 radical (unpaired) electrons. The maximum atomic E-state index is 13.7. The molecule has 6 N–H and O–H groups in total. The lowest BCUT2D eigenvalue weighted by molar-refractivity contribution is -0.268. The summed E-state index contributed by atoms with van der Waals surface area (Å²) in [7, 11) is 2.96. The first-order valence-corrected chi connectivity index (χ1v) is 12.0. The monoisotopic (exact) mass is 496 g/mol. The van der Waals surface area contributed by atoms with E-state index in [4.69, 9.17) is 30.4 Å². The second-order valence-electron chi connectivity index (χ2n) is 8.56. The Morgan fingerprint density at radius 1 is 0.722 bits per heavy atom. The van der Waals surface area contributed by atoms with E-state index in [0.29, 0.717) is 35.7 Å². The molecule has 0 spiro atoms. The highest BCUT2D eigenvalue weighted by atomic mass is 16.5. The molecule has 4 rings (SSSR count). The Bertz CT molecular complexity index is 1290. The van der Waals surface area contributed by atoms with E-state index >= 15 is 0 Å². The third-order valence-electron chi connectivity index (χ3n) is 6.13. The summed E-state index contributed by atoms with van der Waals surface area (Å²) in [4.78, 5) is 6.13. The van der Waals surface area contributed by atoms with Gasteiger partial charge in [-0.25, -0.2) is 0 Å². The highest BCUT2D eigenvalue weighted by Crippen LogP contribution is 2.51. The Balaban J connectivity index is 1.96. The summed E-state index contributed by atoms with van der Waals surface area (Å²) in [6.45, 7) is 4.87. The van der Waals surface area contributed by atoms with Gasteiger partial charge in [-0.3, -0.25) is 0 Å². The number of fused-ring (bicyclic) bond motifs is 2. The van der Waals surface area contributed by atoms with Crippen LogP contribution in [-0.4, -0.2) is 37.4 Å². The normalized spacial score (nSPS) is 11.3. The molecule has 0 saturated heterocycles. The summed E-state index contributed by atoms with van der Waals surface area (Å²) in [5, 5.41) is 27.8. The lowest BCUT2D eigenvalue weighted by Crippen LogP contribution is -2.03. The average Bonchev–Trinajstić information content (AvgIpc) is 3.38. The van der Waals surface area contributed by atoms with Gasteiger partial charge in [-0.2, -0.15) is 0 Å². The van der Waals surface area contributed by atoms with Crippen LogP contribution in [0.5, 0.6) is 34.5 Å². The van der Waals surface area contributed by atoms with E-state index in [-0.39, 0.29) is 45.0 Å². The van der Waals surface area contributed by atoms with Crippen molar-refractivity contribution < 1.29 is 29.2 Å². The van der Waals surface area contributed by atoms with E-state index in [9.17, 15) is 10.2 Å². The largest absolute Gasteiger partial charge is 0.870 e. The highest BCUT2D eigenvalue weighted by molar-refractivity contribution is 6.08. The first-order chi connectivity index (χ1) is 17.4. The van der Waals surface area contributed by atoms with E-state index in [0.717, 1.165) is 25.7 Å². The van der Waals surface area contributed by atoms with Gasteiger partial charge in [0.05, 0.1) is 61.2 Å². The molecule has 4 aromatic rings. The number of nitrogens with two attached hydrogens (primary N) is 2. The Morgan fingerprint density at radius 3 is 1.44 bits per heavy atom. The number of rotatable bonds is 11. The molecule has 2 heterocycles. The summed E-state index contributed by atoms with van der Waals surface area (Å²) in [5.41, 5.74) is 13.9. The van der Waals surface area contributed by atoms with Crippen LogP contribution in [0, 0.1) is 0 Å². The van der Waals surface area contributed by atoms with Gasteiger partial charge in [0.1, 0.15) is 11.5 Å². The van der Waals surface area contributed by atoms with E-state index in [1.54, 1.807) is 12.1 Å². The third-order valence-corrected chi connectivity index (χ3v) is 6.13. The Hall–Kier alpha value is -4.08. The molecule has 0 aliphatic carbocycles. The first-order valence-electron chi connectivity index (χ1n) is 12.0. The minimum absolute atomic E-state index is 0.0515. The van der Waals surface area contributed by atoms with Crippen molar-refractivity contribution in [3.05, 3.63) is 12.1 Å². The van der Waals surface area contributed by atoms with Crippen LogP contribution >= 0.6 is 0 Å². The Morgan fingerprint density at radius 2 is 1.11 bits per heavy atom. The minimum atomic E-state index is -0.439. The molecule has 0 bridgehead atoms. The second kappa shape index (κ2) is 10.3. The number of hydrogen-bond donors (Lipinski definition) is 4. The number of aromatic amines is 2. The van der Waals surface area contributed by atoms with E-state index in [1.807, 2.05) is 13.8 Å². The zero-order valence-corrected chi connectivity index (χ0v) is 21.0. The number of nitrogens with one attached hydrogen (secondary N) is 2. The molecule has 0 aliphatic rings. The Labute approximate surface area is 209 Å². The number of hydrogen-bond acceptors (Lipinski definition) is 8. The summed E-state index contributed by atoms with van der Waals surface area (Å²) in [5.74, 6) is 0.379. The summed E-state index contributed by atoms with van der Waals surface area (Å²) in [6, 6.07) is 3.19. The number of unbranched alkanes of at least 4 members (excludes halogenated alkanes) is 2. The molecule has 2 aromatic carbocycles. The molecule has 36 heavy (non-hydrogen) atoms. The number of ether oxygens (including phenoxy) is 4. The zero-order valence-electron chi connectivity index (χ0n) is 21.0. The van der Waals surface area contributed by atoms with Gasteiger partial charge in [-0.05, 0) is 12.8 Å². The van der Waals surface area contributed by atoms with Gasteiger partial charge >= 0.3 is 0 Å². The van der Waals surface area contributed by atoms with Crippen LogP contribution in [0.4, 0.5) is 11.4 Å². The molecule has 2 aromatic heterocycles. The predicted octanol–water partition coefficient (Wildman–Crippen LogP) is 4.00. The minimum Gasteiger partial charge on any atom is -0.870 e. The number of benzene rings is 2. The van der Waals surface area contributed by atoms with Crippen LogP contribution in [0.15, 0.2) is 12.1 Å². The predicted molar refractivity (Wildman–Crippen MR) is 137 cm³/mol. The van der Waals surface area contributed by atoms with Crippen molar-refractivity contribution in [1.82, 2.24) is 9.97 Å². The molecule has 0 unspecified atom stereocenters. The molecular weight excluding hydrogens is 464 g/mol. The van der Waals surface area contributed by atoms with Crippen molar-refractivity contribution in [2.24, 2.45) is 0 Å². The van der Waals surface area contributed by atoms with Gasteiger partial charge in [0.25, 0.3) is 0 Å². The summed E-state index contributed by atoms with van der Waals surface area (Å²) < 4.78 is 22.7. The van der Waals surface area contributed by atoms with Crippen molar-refractivity contribution in [2.45, 2.75) is 39.5 Å². The van der Waals surface area contributed by atoms with E-state index in [2.05, 4.69) is 9.97 Å². The molecule has 0 amide bonds. The number of H-pyrrole nitrogens is 2. The fraction of sp³-hybridized carbons (Fsp3) is 0.385. The quantitative estimate of drug-likeness (QED) is 0.178. The molecule has 10 heteroatoms. The molecule has 0 fully saturated rings. The molecule has 0 saturated carbocycles. The smallest absolute Gasteiger partial charge is 0.151 e. The maximum Gasteiger partial charge on any atom is 0.151 e. The molecule has 0 aliphatic heterocycles. The zero-order chi connectivity index (χ0) is 26.0. The lowest BCUT2D eigenvalue weighted by Gasteiger charge is -2.16.